The van der Waals surface area contributed by atoms with Crippen LogP contribution in [0.4, 0.5) is 10.1 Å². The van der Waals surface area contributed by atoms with E-state index >= 15 is 0 Å². The van der Waals surface area contributed by atoms with E-state index in [1.54, 1.807) is 12.1 Å². The van der Waals surface area contributed by atoms with Crippen molar-refractivity contribution in [2.75, 3.05) is 18.0 Å². The second-order valence-electron chi connectivity index (χ2n) is 4.68. The molecule has 0 aliphatic rings. The lowest BCUT2D eigenvalue weighted by Crippen LogP contribution is -2.40. The van der Waals surface area contributed by atoms with Gasteiger partial charge in [-0.15, -0.1) is 0 Å². The number of hydrogen-bond donors (Lipinski definition) is 2. The number of likely N-dealkylation sites (N-methyl/N-ethyl adjacent to an activating group) is 1. The van der Waals surface area contributed by atoms with Gasteiger partial charge < -0.3 is 16.0 Å². The molecule has 0 heterocycles. The molecule has 1 rings (SSSR count). The number of carbonyl (C=O) groups excluding carboxylic acids is 1. The zero-order chi connectivity index (χ0) is 14.4. The summed E-state index contributed by atoms with van der Waals surface area (Å²) in [5, 5.41) is 2.82. The normalized spacial score (nSPS) is 10.6. The fraction of sp³-hybridized carbons (Fsp3) is 0.500. The number of amides is 1. The summed E-state index contributed by atoms with van der Waals surface area (Å²) in [6.45, 7) is 6.66. The summed E-state index contributed by atoms with van der Waals surface area (Å²) < 4.78 is 13.7. The van der Waals surface area contributed by atoms with Gasteiger partial charge in [-0.25, -0.2) is 4.39 Å². The van der Waals surface area contributed by atoms with Crippen molar-refractivity contribution in [3.63, 3.8) is 0 Å². The Morgan fingerprint density at radius 3 is 2.68 bits per heavy atom. The molecule has 1 amide bonds. The smallest absolute Gasteiger partial charge is 0.239 e. The monoisotopic (exact) mass is 267 g/mol. The van der Waals surface area contributed by atoms with E-state index in [9.17, 15) is 9.18 Å². The third-order valence-corrected chi connectivity index (χ3v) is 2.80. The van der Waals surface area contributed by atoms with Crippen LogP contribution in [0.2, 0.25) is 0 Å². The van der Waals surface area contributed by atoms with Crippen LogP contribution < -0.4 is 16.0 Å². The van der Waals surface area contributed by atoms with Crippen LogP contribution in [0, 0.1) is 5.82 Å². The molecule has 0 aromatic heterocycles. The number of rotatable bonds is 6. The Morgan fingerprint density at radius 1 is 1.47 bits per heavy atom. The van der Waals surface area contributed by atoms with E-state index in [1.807, 2.05) is 25.7 Å². The molecule has 4 nitrogen and oxygen atoms in total. The van der Waals surface area contributed by atoms with Crippen LogP contribution in [-0.4, -0.2) is 25.0 Å². The van der Waals surface area contributed by atoms with Crippen LogP contribution in [-0.2, 0) is 11.3 Å². The lowest BCUT2D eigenvalue weighted by molar-refractivity contribution is -0.120. The highest BCUT2D eigenvalue weighted by Crippen LogP contribution is 2.22. The molecule has 5 heteroatoms. The minimum atomic E-state index is -0.331. The summed E-state index contributed by atoms with van der Waals surface area (Å²) in [6, 6.07) is 4.89. The van der Waals surface area contributed by atoms with Crippen molar-refractivity contribution in [2.24, 2.45) is 5.73 Å². The van der Waals surface area contributed by atoms with Gasteiger partial charge in [0.05, 0.1) is 6.54 Å². The fourth-order valence-corrected chi connectivity index (χ4v) is 1.95. The molecule has 0 bridgehead atoms. The van der Waals surface area contributed by atoms with Gasteiger partial charge in [-0.1, -0.05) is 6.07 Å². The molecule has 0 radical (unpaired) electrons. The Morgan fingerprint density at radius 2 is 2.16 bits per heavy atom. The SMILES string of the molecule is CCN(CC(=O)NC(C)C)c1cccc(F)c1CN. The molecule has 0 saturated heterocycles. The standard InChI is InChI=1S/C14H22FN3O/c1-4-18(9-14(19)17-10(2)3)13-7-5-6-12(15)11(13)8-16/h5-7,10H,4,8-9,16H2,1-3H3,(H,17,19). The topological polar surface area (TPSA) is 58.4 Å². The van der Waals surface area contributed by atoms with Crippen LogP contribution in [0.5, 0.6) is 0 Å². The summed E-state index contributed by atoms with van der Waals surface area (Å²) in [4.78, 5) is 13.6. The molecule has 0 unspecified atom stereocenters. The van der Waals surface area contributed by atoms with Crippen molar-refractivity contribution in [2.45, 2.75) is 33.4 Å². The van der Waals surface area contributed by atoms with Gasteiger partial charge in [-0.05, 0) is 32.9 Å². The first-order chi connectivity index (χ1) is 8.99. The number of benzene rings is 1. The molecular weight excluding hydrogens is 245 g/mol. The van der Waals surface area contributed by atoms with E-state index in [2.05, 4.69) is 5.32 Å². The number of nitrogens with zero attached hydrogens (tertiary/aromatic N) is 1. The average molecular weight is 267 g/mol. The Kier molecular flexibility index (Phi) is 5.76. The van der Waals surface area contributed by atoms with Gasteiger partial charge in [0, 0.05) is 30.4 Å². The van der Waals surface area contributed by atoms with Gasteiger partial charge >= 0.3 is 0 Å². The van der Waals surface area contributed by atoms with Crippen molar-refractivity contribution in [3.8, 4) is 0 Å². The number of nitrogens with two attached hydrogens (primary N) is 1. The molecule has 0 atom stereocenters. The van der Waals surface area contributed by atoms with Gasteiger partial charge in [0.25, 0.3) is 0 Å². The third kappa shape index (κ3) is 4.21. The van der Waals surface area contributed by atoms with Gasteiger partial charge in [0.15, 0.2) is 0 Å². The van der Waals surface area contributed by atoms with E-state index < -0.39 is 0 Å². The predicted molar refractivity (Wildman–Crippen MR) is 75.5 cm³/mol. The summed E-state index contributed by atoms with van der Waals surface area (Å²) in [5.74, 6) is -0.410. The molecule has 0 saturated carbocycles. The predicted octanol–water partition coefficient (Wildman–Crippen LogP) is 1.64. The van der Waals surface area contributed by atoms with E-state index in [0.717, 1.165) is 0 Å². The minimum Gasteiger partial charge on any atom is -0.362 e. The van der Waals surface area contributed by atoms with Crippen LogP contribution in [0.3, 0.4) is 0 Å². The highest BCUT2D eigenvalue weighted by atomic mass is 19.1. The fourth-order valence-electron chi connectivity index (χ4n) is 1.95. The van der Waals surface area contributed by atoms with Crippen molar-refractivity contribution < 1.29 is 9.18 Å². The average Bonchev–Trinajstić information content (AvgIpc) is 2.34. The first-order valence-electron chi connectivity index (χ1n) is 6.51. The molecule has 3 N–H and O–H groups in total. The van der Waals surface area contributed by atoms with Gasteiger partial charge in [0.1, 0.15) is 5.82 Å². The number of halogens is 1. The van der Waals surface area contributed by atoms with Gasteiger partial charge in [-0.3, -0.25) is 4.79 Å². The van der Waals surface area contributed by atoms with E-state index in [4.69, 9.17) is 5.73 Å². The third-order valence-electron chi connectivity index (χ3n) is 2.80. The lowest BCUT2D eigenvalue weighted by Gasteiger charge is -2.25. The summed E-state index contributed by atoms with van der Waals surface area (Å²) in [6.07, 6.45) is 0. The van der Waals surface area contributed by atoms with E-state index in [1.165, 1.54) is 6.07 Å². The largest absolute Gasteiger partial charge is 0.362 e. The van der Waals surface area contributed by atoms with Gasteiger partial charge in [-0.2, -0.15) is 0 Å². The molecular formula is C14H22FN3O. The van der Waals surface area contributed by atoms with E-state index in [-0.39, 0.29) is 30.9 Å². The van der Waals surface area contributed by atoms with Crippen molar-refractivity contribution in [3.05, 3.63) is 29.6 Å². The Bertz CT molecular complexity index is 435. The molecule has 106 valence electrons. The molecule has 19 heavy (non-hydrogen) atoms. The lowest BCUT2D eigenvalue weighted by atomic mass is 10.1. The second kappa shape index (κ2) is 7.09. The summed E-state index contributed by atoms with van der Waals surface area (Å²) in [7, 11) is 0. The van der Waals surface area contributed by atoms with Crippen molar-refractivity contribution in [1.29, 1.82) is 0 Å². The van der Waals surface area contributed by atoms with Crippen LogP contribution in [0.25, 0.3) is 0 Å². The van der Waals surface area contributed by atoms with Crippen LogP contribution >= 0.6 is 0 Å². The number of anilines is 1. The quantitative estimate of drug-likeness (QED) is 0.823. The minimum absolute atomic E-state index is 0.0796. The number of nitrogens with one attached hydrogen (secondary N) is 1. The summed E-state index contributed by atoms with van der Waals surface area (Å²) >= 11 is 0. The maximum absolute atomic E-state index is 13.7. The molecule has 1 aromatic rings. The Balaban J connectivity index is 2.91. The highest BCUT2D eigenvalue weighted by Gasteiger charge is 2.15. The van der Waals surface area contributed by atoms with Crippen molar-refractivity contribution >= 4 is 11.6 Å². The zero-order valence-corrected chi connectivity index (χ0v) is 11.7. The number of hydrogen-bond acceptors (Lipinski definition) is 3. The molecule has 0 fully saturated rings. The molecule has 1 aromatic carbocycles. The van der Waals surface area contributed by atoms with Crippen LogP contribution in [0.1, 0.15) is 26.3 Å². The van der Waals surface area contributed by atoms with Gasteiger partial charge in [0.2, 0.25) is 5.91 Å². The zero-order valence-electron chi connectivity index (χ0n) is 11.7. The van der Waals surface area contributed by atoms with E-state index in [0.29, 0.717) is 17.8 Å². The maximum Gasteiger partial charge on any atom is 0.239 e. The first kappa shape index (κ1) is 15.4. The van der Waals surface area contributed by atoms with Crippen molar-refractivity contribution in [1.82, 2.24) is 5.32 Å². The summed E-state index contributed by atoms with van der Waals surface area (Å²) in [5.41, 5.74) is 6.72. The molecule has 0 aliphatic carbocycles. The maximum atomic E-state index is 13.7. The molecule has 0 spiro atoms. The Labute approximate surface area is 113 Å². The second-order valence-corrected chi connectivity index (χ2v) is 4.68. The van der Waals surface area contributed by atoms with Crippen LogP contribution in [0.15, 0.2) is 18.2 Å². The number of carbonyl (C=O) groups is 1. The molecule has 0 aliphatic heterocycles. The Hall–Kier alpha value is -1.62. The highest BCUT2D eigenvalue weighted by molar-refractivity contribution is 5.81. The first-order valence-corrected chi connectivity index (χ1v) is 6.51.